The molecule has 3 aromatic rings. The van der Waals surface area contributed by atoms with Crippen LogP contribution in [0.1, 0.15) is 51.3 Å². The first-order valence-corrected chi connectivity index (χ1v) is 10.2. The van der Waals surface area contributed by atoms with E-state index < -0.39 is 0 Å². The maximum Gasteiger partial charge on any atom is 0.223 e. The van der Waals surface area contributed by atoms with Gasteiger partial charge in [-0.1, -0.05) is 49.6 Å². The van der Waals surface area contributed by atoms with Gasteiger partial charge in [0.1, 0.15) is 22.5 Å². The summed E-state index contributed by atoms with van der Waals surface area (Å²) in [5.74, 6) is 1.72. The number of pyridine rings is 1. The molecule has 0 unspecified atom stereocenters. The number of unbranched alkanes of at least 4 members (excludes halogenated alkanes) is 3. The van der Waals surface area contributed by atoms with E-state index in [4.69, 9.17) is 21.3 Å². The summed E-state index contributed by atoms with van der Waals surface area (Å²) < 4.78 is 5.47. The van der Waals surface area contributed by atoms with Gasteiger partial charge in [0.2, 0.25) is 5.88 Å². The molecule has 0 spiro atoms. The average Bonchev–Trinajstić information content (AvgIpc) is 3.09. The Kier molecular flexibility index (Phi) is 7.04. The molecule has 0 saturated carbocycles. The molecule has 2 heterocycles. The van der Waals surface area contributed by atoms with Gasteiger partial charge in [0, 0.05) is 24.6 Å². The van der Waals surface area contributed by atoms with E-state index in [0.717, 1.165) is 54.4 Å². The highest BCUT2D eigenvalue weighted by atomic mass is 35.5. The van der Waals surface area contributed by atoms with Crippen molar-refractivity contribution in [1.29, 1.82) is 0 Å². The number of fused-ring (bicyclic) bond motifs is 1. The van der Waals surface area contributed by atoms with Gasteiger partial charge in [-0.2, -0.15) is 0 Å². The molecule has 0 bridgehead atoms. The molecule has 2 aromatic heterocycles. The van der Waals surface area contributed by atoms with E-state index in [1.165, 1.54) is 0 Å². The summed E-state index contributed by atoms with van der Waals surface area (Å²) in [6.07, 6.45) is 6.28. The van der Waals surface area contributed by atoms with E-state index in [1.807, 2.05) is 37.3 Å². The lowest BCUT2D eigenvalue weighted by atomic mass is 10.1. The van der Waals surface area contributed by atoms with Crippen LogP contribution >= 0.6 is 11.6 Å². The van der Waals surface area contributed by atoms with Crippen LogP contribution in [0.5, 0.6) is 5.88 Å². The van der Waals surface area contributed by atoms with Gasteiger partial charge in [-0.25, -0.2) is 9.97 Å². The second-order valence-corrected chi connectivity index (χ2v) is 7.27. The van der Waals surface area contributed by atoms with Gasteiger partial charge in [-0.15, -0.1) is 0 Å². The predicted molar refractivity (Wildman–Crippen MR) is 113 cm³/mol. The minimum Gasteiger partial charge on any atom is -0.480 e. The molecule has 0 amide bonds. The van der Waals surface area contributed by atoms with E-state index in [1.54, 1.807) is 7.11 Å². The van der Waals surface area contributed by atoms with Crippen molar-refractivity contribution in [3.63, 3.8) is 0 Å². The number of carbonyl (C=O) groups excluding carboxylic acids is 1. The maximum atomic E-state index is 11.3. The summed E-state index contributed by atoms with van der Waals surface area (Å²) in [6.45, 7) is 1.92. The van der Waals surface area contributed by atoms with Crippen molar-refractivity contribution in [2.75, 3.05) is 7.11 Å². The normalized spacial score (nSPS) is 11.1. The van der Waals surface area contributed by atoms with E-state index in [-0.39, 0.29) is 0 Å². The molecule has 0 aliphatic carbocycles. The molecule has 0 saturated heterocycles. The number of carbonyl (C=O) groups is 1. The van der Waals surface area contributed by atoms with Crippen LogP contribution in [-0.4, -0.2) is 27.8 Å². The van der Waals surface area contributed by atoms with Crippen molar-refractivity contribution >= 4 is 28.3 Å². The van der Waals surface area contributed by atoms with Gasteiger partial charge in [0.25, 0.3) is 0 Å². The number of benzene rings is 1. The second-order valence-electron chi connectivity index (χ2n) is 6.89. The Morgan fingerprint density at radius 2 is 1.93 bits per heavy atom. The van der Waals surface area contributed by atoms with Crippen molar-refractivity contribution in [1.82, 2.24) is 15.0 Å². The zero-order chi connectivity index (χ0) is 19.9. The van der Waals surface area contributed by atoms with E-state index >= 15 is 0 Å². The molecular formula is C22H26ClN3O2. The average molecular weight is 400 g/mol. The lowest BCUT2D eigenvalue weighted by molar-refractivity contribution is -0.118. The molecule has 0 fully saturated rings. The van der Waals surface area contributed by atoms with Crippen molar-refractivity contribution < 1.29 is 9.53 Å². The van der Waals surface area contributed by atoms with Gasteiger partial charge in [0.05, 0.1) is 18.2 Å². The van der Waals surface area contributed by atoms with Gasteiger partial charge in [0.15, 0.2) is 0 Å². The summed E-state index contributed by atoms with van der Waals surface area (Å²) in [6, 6.07) is 9.90. The molecule has 0 radical (unpaired) electrons. The highest BCUT2D eigenvalue weighted by Gasteiger charge is 2.17. The summed E-state index contributed by atoms with van der Waals surface area (Å²) in [4.78, 5) is 23.8. The highest BCUT2D eigenvalue weighted by Crippen LogP contribution is 2.34. The molecule has 0 atom stereocenters. The number of imidazole rings is 1. The first-order valence-electron chi connectivity index (χ1n) is 9.82. The lowest BCUT2D eigenvalue weighted by Crippen LogP contribution is -1.95. The van der Waals surface area contributed by atoms with Crippen molar-refractivity contribution in [3.8, 4) is 17.1 Å². The number of H-pyrrole nitrogens is 1. The highest BCUT2D eigenvalue weighted by molar-refractivity contribution is 6.32. The van der Waals surface area contributed by atoms with Crippen LogP contribution < -0.4 is 4.74 Å². The number of nitrogens with one attached hydrogen (secondary N) is 1. The number of aromatic amines is 1. The molecule has 1 aromatic carbocycles. The zero-order valence-corrected chi connectivity index (χ0v) is 17.2. The standard InChI is InChI=1S/C22H26ClN3O2/c1-3-16(27)11-6-4-5-7-13-19-25-20(21(23)26-19)17-14-15-10-8-9-12-18(15)24-22(17)28-2/h8-10,12,14H,3-7,11,13H2,1-2H3,(H,25,26). The lowest BCUT2D eigenvalue weighted by Gasteiger charge is -2.07. The van der Waals surface area contributed by atoms with Crippen LogP contribution in [0, 0.1) is 0 Å². The number of rotatable bonds is 10. The van der Waals surface area contributed by atoms with Crippen LogP contribution in [0.15, 0.2) is 30.3 Å². The molecule has 6 heteroatoms. The minimum atomic E-state index is 0.348. The number of methoxy groups -OCH3 is 1. The monoisotopic (exact) mass is 399 g/mol. The molecule has 3 rings (SSSR count). The topological polar surface area (TPSA) is 67.9 Å². The maximum absolute atomic E-state index is 11.3. The molecular weight excluding hydrogens is 374 g/mol. The third-order valence-electron chi connectivity index (χ3n) is 4.86. The molecule has 0 aliphatic heterocycles. The molecule has 148 valence electrons. The smallest absolute Gasteiger partial charge is 0.223 e. The Morgan fingerprint density at radius 3 is 2.71 bits per heavy atom. The fourth-order valence-electron chi connectivity index (χ4n) is 3.26. The Morgan fingerprint density at radius 1 is 1.14 bits per heavy atom. The van der Waals surface area contributed by atoms with Crippen molar-refractivity contribution in [2.24, 2.45) is 0 Å². The summed E-state index contributed by atoms with van der Waals surface area (Å²) in [7, 11) is 1.60. The summed E-state index contributed by atoms with van der Waals surface area (Å²) in [5.41, 5.74) is 2.32. The summed E-state index contributed by atoms with van der Waals surface area (Å²) in [5, 5.41) is 1.51. The SMILES string of the molecule is CCC(=O)CCCCCCc1nc(-c2cc3ccccc3nc2OC)c(Cl)[nH]1. The van der Waals surface area contributed by atoms with E-state index in [9.17, 15) is 4.79 Å². The number of aromatic nitrogens is 3. The van der Waals surface area contributed by atoms with Gasteiger partial charge < -0.3 is 9.72 Å². The Hall–Kier alpha value is -2.40. The largest absolute Gasteiger partial charge is 0.480 e. The van der Waals surface area contributed by atoms with Crippen molar-refractivity contribution in [3.05, 3.63) is 41.3 Å². The Balaban J connectivity index is 1.67. The fourth-order valence-corrected chi connectivity index (χ4v) is 3.52. The number of hydrogen-bond donors (Lipinski definition) is 1. The van der Waals surface area contributed by atoms with Crippen LogP contribution in [0.4, 0.5) is 0 Å². The first-order chi connectivity index (χ1) is 13.6. The quantitative estimate of drug-likeness (QED) is 0.440. The zero-order valence-electron chi connectivity index (χ0n) is 16.4. The molecule has 28 heavy (non-hydrogen) atoms. The van der Waals surface area contributed by atoms with Crippen LogP contribution in [-0.2, 0) is 11.2 Å². The Labute approximate surface area is 170 Å². The van der Waals surface area contributed by atoms with Crippen LogP contribution in [0.25, 0.3) is 22.2 Å². The van der Waals surface area contributed by atoms with E-state index in [2.05, 4.69) is 9.97 Å². The van der Waals surface area contributed by atoms with Gasteiger partial charge in [-0.3, -0.25) is 4.79 Å². The molecule has 0 aliphatic rings. The predicted octanol–water partition coefficient (Wildman–Crippen LogP) is 5.76. The molecule has 5 nitrogen and oxygen atoms in total. The van der Waals surface area contributed by atoms with Gasteiger partial charge in [-0.05, 0) is 25.0 Å². The van der Waals surface area contributed by atoms with E-state index in [0.29, 0.717) is 35.4 Å². The van der Waals surface area contributed by atoms with Crippen LogP contribution in [0.2, 0.25) is 5.15 Å². The number of halogens is 1. The number of Topliss-reactive ketones (excluding diaryl/α,β-unsaturated/α-hetero) is 1. The minimum absolute atomic E-state index is 0.348. The number of aryl methyl sites for hydroxylation is 1. The van der Waals surface area contributed by atoms with Crippen LogP contribution in [0.3, 0.4) is 0 Å². The Bertz CT molecular complexity index is 952. The number of hydrogen-bond acceptors (Lipinski definition) is 4. The number of ketones is 1. The summed E-state index contributed by atoms with van der Waals surface area (Å²) >= 11 is 6.43. The van der Waals surface area contributed by atoms with Crippen molar-refractivity contribution in [2.45, 2.75) is 51.9 Å². The fraction of sp³-hybridized carbons (Fsp3) is 0.409. The second kappa shape index (κ2) is 9.69. The number of nitrogens with zero attached hydrogens (tertiary/aromatic N) is 2. The number of para-hydroxylation sites is 1. The third kappa shape index (κ3) is 4.90. The molecule has 1 N–H and O–H groups in total. The first kappa shape index (κ1) is 20.3. The third-order valence-corrected chi connectivity index (χ3v) is 5.13. The van der Waals surface area contributed by atoms with Gasteiger partial charge >= 0.3 is 0 Å². The number of ether oxygens (including phenoxy) is 1.